The van der Waals surface area contributed by atoms with E-state index in [2.05, 4.69) is 11.1 Å². The van der Waals surface area contributed by atoms with Crippen LogP contribution < -0.4 is 15.9 Å². The molecule has 3 N–H and O–H groups in total. The van der Waals surface area contributed by atoms with Crippen LogP contribution in [-0.4, -0.2) is 40.7 Å². The van der Waals surface area contributed by atoms with Crippen molar-refractivity contribution in [3.63, 3.8) is 0 Å². The number of aliphatic imine (C=N–C) groups is 1. The first kappa shape index (κ1) is 26.2. The Kier molecular flexibility index (Phi) is 5.86. The average molecular weight is 559 g/mol. The summed E-state index contributed by atoms with van der Waals surface area (Å²) in [7, 11) is 0. The van der Waals surface area contributed by atoms with E-state index in [0.717, 1.165) is 29.5 Å². The second kappa shape index (κ2) is 9.16. The van der Waals surface area contributed by atoms with E-state index in [9.17, 15) is 14.7 Å². The number of fused-ring (bicyclic) bond motifs is 5. The maximum Gasteiger partial charge on any atom is 0.341 e. The minimum Gasteiger partial charge on any atom is -0.507 e. The monoisotopic (exact) mass is 558 g/mol. The van der Waals surface area contributed by atoms with Crippen LogP contribution in [-0.2, 0) is 27.1 Å². The zero-order chi connectivity index (χ0) is 28.7. The van der Waals surface area contributed by atoms with Gasteiger partial charge >= 0.3 is 5.97 Å². The van der Waals surface area contributed by atoms with E-state index in [0.29, 0.717) is 42.8 Å². The predicted octanol–water partition coefficient (Wildman–Crippen LogP) is 4.51. The molecular weight excluding hydrogens is 524 g/mol. The first-order valence-electron chi connectivity index (χ1n) is 14.3. The Morgan fingerprint density at radius 3 is 2.83 bits per heavy atom. The molecule has 7 rings (SSSR count). The van der Waals surface area contributed by atoms with Crippen molar-refractivity contribution in [1.29, 1.82) is 0 Å². The summed E-state index contributed by atoms with van der Waals surface area (Å²) in [5.74, 6) is -0.0495. The van der Waals surface area contributed by atoms with Crippen LogP contribution in [0.1, 0.15) is 79.6 Å². The molecule has 1 spiro atoms. The highest BCUT2D eigenvalue weighted by atomic mass is 16.7. The third-order valence-corrected chi connectivity index (χ3v) is 9.22. The van der Waals surface area contributed by atoms with Crippen LogP contribution in [0.15, 0.2) is 44.5 Å². The number of carbonyl (C=O) groups excluding carboxylic acids is 1. The molecule has 5 unspecified atom stereocenters. The fraction of sp³-hybridized carbons (Fsp3) is 0.469. The van der Waals surface area contributed by atoms with Gasteiger partial charge in [-0.15, -0.1) is 0 Å². The zero-order valence-corrected chi connectivity index (χ0v) is 23.4. The lowest BCUT2D eigenvalue weighted by molar-refractivity contribution is -0.170. The molecule has 2 fully saturated rings. The number of hydrogen-bond acceptors (Lipinski definition) is 9. The summed E-state index contributed by atoms with van der Waals surface area (Å²) in [6.07, 6.45) is 4.50. The number of hydrogen-bond donors (Lipinski definition) is 2. The van der Waals surface area contributed by atoms with Crippen molar-refractivity contribution < 1.29 is 28.5 Å². The Morgan fingerprint density at radius 2 is 2.00 bits per heavy atom. The summed E-state index contributed by atoms with van der Waals surface area (Å²) >= 11 is 0. The molecule has 0 aliphatic carbocycles. The fourth-order valence-corrected chi connectivity index (χ4v) is 7.16. The molecular formula is C32H34N2O7. The van der Waals surface area contributed by atoms with E-state index < -0.39 is 23.3 Å². The first-order chi connectivity index (χ1) is 19.6. The molecule has 1 aromatic heterocycles. The van der Waals surface area contributed by atoms with Crippen LogP contribution in [0.25, 0.3) is 11.0 Å². The molecule has 5 heterocycles. The van der Waals surface area contributed by atoms with Crippen LogP contribution in [0.4, 0.5) is 0 Å². The minimum absolute atomic E-state index is 0.112. The third kappa shape index (κ3) is 4.08. The number of epoxide rings is 1. The van der Waals surface area contributed by atoms with Gasteiger partial charge in [-0.05, 0) is 56.7 Å². The van der Waals surface area contributed by atoms with Gasteiger partial charge in [0.1, 0.15) is 52.2 Å². The van der Waals surface area contributed by atoms with Crippen LogP contribution in [0, 0.1) is 6.92 Å². The van der Waals surface area contributed by atoms with Gasteiger partial charge in [0.25, 0.3) is 0 Å². The van der Waals surface area contributed by atoms with E-state index in [1.54, 1.807) is 13.0 Å². The van der Waals surface area contributed by atoms with E-state index in [-0.39, 0.29) is 40.3 Å². The lowest BCUT2D eigenvalue weighted by Crippen LogP contribution is -2.52. The SMILES string of the molecule is Cc1cc(=O)c2c(O)c3c(cc2o1)OC(C)(C)C1OC(=O)C2(CCCCC31)OC2Cc1cccc2c1CC=NC2N. The second-order valence-corrected chi connectivity index (χ2v) is 12.3. The first-order valence-corrected chi connectivity index (χ1v) is 14.3. The number of aromatic hydroxyl groups is 1. The standard InChI is InChI=1S/C32H34N2O7/c1-16-13-21(35)26-22(38-16)15-23-25(27(26)36)20-8-4-5-11-32(30(37)39-28(20)31(2,3)40-23)24(41-32)14-17-7-6-9-19-18(17)10-12-34-29(19)33/h6-7,9,12-13,15,20,24,28-29,36H,4-5,8,10-11,14,33H2,1-3H3. The van der Waals surface area contributed by atoms with Crippen molar-refractivity contribution in [2.24, 2.45) is 10.7 Å². The molecule has 2 aromatic carbocycles. The van der Waals surface area contributed by atoms with Gasteiger partial charge in [-0.25, -0.2) is 4.79 Å². The highest BCUT2D eigenvalue weighted by molar-refractivity contribution is 5.88. The molecule has 9 heteroatoms. The van der Waals surface area contributed by atoms with Crippen molar-refractivity contribution in [3.05, 3.63) is 68.6 Å². The molecule has 9 nitrogen and oxygen atoms in total. The van der Waals surface area contributed by atoms with E-state index in [4.69, 9.17) is 24.4 Å². The topological polar surface area (TPSA) is 137 Å². The van der Waals surface area contributed by atoms with Crippen molar-refractivity contribution in [1.82, 2.24) is 0 Å². The number of phenols is 1. The van der Waals surface area contributed by atoms with Crippen LogP contribution in [0.5, 0.6) is 11.5 Å². The average Bonchev–Trinajstić information content (AvgIpc) is 3.59. The number of esters is 1. The molecule has 3 aromatic rings. The predicted molar refractivity (Wildman–Crippen MR) is 152 cm³/mol. The lowest BCUT2D eigenvalue weighted by atomic mass is 9.77. The fourth-order valence-electron chi connectivity index (χ4n) is 7.16. The molecule has 214 valence electrons. The summed E-state index contributed by atoms with van der Waals surface area (Å²) in [6, 6.07) is 9.08. The van der Waals surface area contributed by atoms with Crippen molar-refractivity contribution in [2.75, 3.05) is 0 Å². The molecule has 2 saturated heterocycles. The van der Waals surface area contributed by atoms with Gasteiger partial charge in [-0.3, -0.25) is 9.79 Å². The van der Waals surface area contributed by atoms with Crippen molar-refractivity contribution in [2.45, 2.75) is 94.8 Å². The molecule has 0 bridgehead atoms. The van der Waals surface area contributed by atoms with Gasteiger partial charge in [0.05, 0.1) is 0 Å². The quantitative estimate of drug-likeness (QED) is 0.346. The maximum absolute atomic E-state index is 13.9. The smallest absolute Gasteiger partial charge is 0.341 e. The summed E-state index contributed by atoms with van der Waals surface area (Å²) in [6.45, 7) is 5.45. The molecule has 0 saturated carbocycles. The normalized spacial score (nSPS) is 29.8. The zero-order valence-electron chi connectivity index (χ0n) is 23.4. The number of phenolic OH excluding ortho intramolecular Hbond substituents is 1. The summed E-state index contributed by atoms with van der Waals surface area (Å²) in [5.41, 5.74) is 7.97. The van der Waals surface area contributed by atoms with Gasteiger partial charge in [-0.1, -0.05) is 24.6 Å². The number of rotatable bonds is 2. The van der Waals surface area contributed by atoms with E-state index in [1.807, 2.05) is 32.2 Å². The molecule has 0 radical (unpaired) electrons. The molecule has 41 heavy (non-hydrogen) atoms. The number of nitrogens with zero attached hydrogens (tertiary/aromatic N) is 1. The number of benzene rings is 2. The van der Waals surface area contributed by atoms with Crippen LogP contribution in [0.2, 0.25) is 0 Å². The van der Waals surface area contributed by atoms with Gasteiger partial charge in [0.15, 0.2) is 11.0 Å². The largest absolute Gasteiger partial charge is 0.507 e. The maximum atomic E-state index is 13.9. The summed E-state index contributed by atoms with van der Waals surface area (Å²) in [5, 5.41) is 11.5. The Balaban J connectivity index is 1.21. The number of aryl methyl sites for hydroxylation is 1. The Bertz CT molecular complexity index is 1670. The number of carbonyl (C=O) groups is 1. The van der Waals surface area contributed by atoms with Gasteiger partial charge < -0.3 is 29.5 Å². The molecule has 0 amide bonds. The van der Waals surface area contributed by atoms with Gasteiger partial charge in [0, 0.05) is 42.7 Å². The van der Waals surface area contributed by atoms with Gasteiger partial charge in [-0.2, -0.15) is 0 Å². The Hall–Kier alpha value is -3.69. The molecule has 5 atom stereocenters. The minimum atomic E-state index is -1.02. The van der Waals surface area contributed by atoms with E-state index >= 15 is 0 Å². The highest BCUT2D eigenvalue weighted by Gasteiger charge is 2.64. The highest BCUT2D eigenvalue weighted by Crippen LogP contribution is 2.53. The van der Waals surface area contributed by atoms with Crippen LogP contribution in [0.3, 0.4) is 0 Å². The Morgan fingerprint density at radius 1 is 1.17 bits per heavy atom. The van der Waals surface area contributed by atoms with Crippen molar-refractivity contribution in [3.8, 4) is 11.5 Å². The van der Waals surface area contributed by atoms with Gasteiger partial charge in [0.2, 0.25) is 0 Å². The Labute approximate surface area is 237 Å². The van der Waals surface area contributed by atoms with Crippen molar-refractivity contribution >= 4 is 23.2 Å². The molecule has 4 aliphatic rings. The summed E-state index contributed by atoms with van der Waals surface area (Å²) in [4.78, 5) is 31.1. The van der Waals surface area contributed by atoms with Crippen LogP contribution >= 0.6 is 0 Å². The number of nitrogens with two attached hydrogens (primary N) is 1. The number of ether oxygens (including phenoxy) is 3. The molecule has 4 aliphatic heterocycles. The summed E-state index contributed by atoms with van der Waals surface area (Å²) < 4.78 is 24.6. The van der Waals surface area contributed by atoms with E-state index in [1.165, 1.54) is 6.07 Å². The third-order valence-electron chi connectivity index (χ3n) is 9.22. The second-order valence-electron chi connectivity index (χ2n) is 12.3. The lowest BCUT2D eigenvalue weighted by Gasteiger charge is -2.44.